The Labute approximate surface area is 162 Å². The van der Waals surface area contributed by atoms with Crippen LogP contribution in [0.15, 0.2) is 41.5 Å². The lowest BCUT2D eigenvalue weighted by atomic mass is 10.0. The summed E-state index contributed by atoms with van der Waals surface area (Å²) in [6, 6.07) is 9.46. The number of fused-ring (bicyclic) bond motifs is 1. The van der Waals surface area contributed by atoms with Crippen molar-refractivity contribution in [3.63, 3.8) is 0 Å². The van der Waals surface area contributed by atoms with Gasteiger partial charge in [-0.25, -0.2) is 9.97 Å². The zero-order valence-electron chi connectivity index (χ0n) is 15.6. The Hall–Kier alpha value is -3.48. The van der Waals surface area contributed by atoms with Crippen molar-refractivity contribution in [2.45, 2.75) is 13.3 Å². The Morgan fingerprint density at radius 2 is 2.18 bits per heavy atom. The average molecular weight is 374 g/mol. The molecule has 142 valence electrons. The highest BCUT2D eigenvalue weighted by molar-refractivity contribution is 5.98. The van der Waals surface area contributed by atoms with Crippen LogP contribution in [0.3, 0.4) is 0 Å². The van der Waals surface area contributed by atoms with Gasteiger partial charge >= 0.3 is 0 Å². The third-order valence-electron chi connectivity index (χ3n) is 5.27. The van der Waals surface area contributed by atoms with Gasteiger partial charge in [0.2, 0.25) is 5.91 Å². The summed E-state index contributed by atoms with van der Waals surface area (Å²) in [6.07, 6.45) is 2.48. The predicted octanol–water partition coefficient (Wildman–Crippen LogP) is 3.04. The van der Waals surface area contributed by atoms with Gasteiger partial charge in [0.1, 0.15) is 11.6 Å². The number of amides is 1. The van der Waals surface area contributed by atoms with E-state index in [1.807, 2.05) is 37.3 Å². The normalized spacial score (nSPS) is 18.0. The van der Waals surface area contributed by atoms with Gasteiger partial charge in [-0.15, -0.1) is 0 Å². The summed E-state index contributed by atoms with van der Waals surface area (Å²) in [6.45, 7) is 6.06. The van der Waals surface area contributed by atoms with Gasteiger partial charge in [-0.05, 0) is 55.1 Å². The minimum Gasteiger partial charge on any atom is -0.398 e. The summed E-state index contributed by atoms with van der Waals surface area (Å²) in [5, 5.41) is 4.49. The molecule has 1 aliphatic rings. The minimum absolute atomic E-state index is 0.0176. The number of aliphatic imine (C=N–C) groups is 1. The van der Waals surface area contributed by atoms with Gasteiger partial charge in [-0.1, -0.05) is 12.1 Å². The molecule has 1 fully saturated rings. The highest BCUT2D eigenvalue weighted by Crippen LogP contribution is 2.39. The molecule has 2 atom stereocenters. The quantitative estimate of drug-likeness (QED) is 0.468. The average Bonchev–Trinajstić information content (AvgIpc) is 3.43. The van der Waals surface area contributed by atoms with Crippen LogP contribution in [0.5, 0.6) is 0 Å². The first-order valence-electron chi connectivity index (χ1n) is 9.13. The number of benzene rings is 1. The lowest BCUT2D eigenvalue weighted by Crippen LogP contribution is -2.16. The molecule has 1 saturated carbocycles. The summed E-state index contributed by atoms with van der Waals surface area (Å²) in [4.78, 5) is 25.1. The molecule has 5 N–H and O–H groups in total. The molecule has 0 aliphatic heterocycles. The topological polar surface area (TPSA) is 119 Å². The fourth-order valence-electron chi connectivity index (χ4n) is 3.47. The molecule has 2 aromatic heterocycles. The molecule has 1 aliphatic carbocycles. The fraction of sp³-hybridized carbons (Fsp3) is 0.238. The van der Waals surface area contributed by atoms with Crippen molar-refractivity contribution in [3.05, 3.63) is 42.1 Å². The van der Waals surface area contributed by atoms with Crippen LogP contribution in [-0.2, 0) is 4.79 Å². The number of nitrogens with zero attached hydrogens (tertiary/aromatic N) is 3. The molecule has 1 aromatic carbocycles. The maximum absolute atomic E-state index is 12.4. The van der Waals surface area contributed by atoms with Crippen LogP contribution in [0.4, 0.5) is 17.3 Å². The number of hydrogen-bond acceptors (Lipinski definition) is 6. The molecule has 0 spiro atoms. The Kier molecular flexibility index (Phi) is 4.43. The van der Waals surface area contributed by atoms with Gasteiger partial charge < -0.3 is 21.8 Å². The van der Waals surface area contributed by atoms with Crippen molar-refractivity contribution >= 4 is 40.7 Å². The van der Waals surface area contributed by atoms with Gasteiger partial charge in [0.25, 0.3) is 0 Å². The van der Waals surface area contributed by atoms with Crippen molar-refractivity contribution in [3.8, 4) is 11.3 Å². The number of carbonyl (C=O) groups excluding carboxylic acids is 1. The first-order valence-corrected chi connectivity index (χ1v) is 9.13. The molecule has 0 unspecified atom stereocenters. The molecule has 28 heavy (non-hydrogen) atoms. The predicted molar refractivity (Wildman–Crippen MR) is 113 cm³/mol. The molecular weight excluding hydrogens is 352 g/mol. The lowest BCUT2D eigenvalue weighted by Gasteiger charge is -2.11. The maximum atomic E-state index is 12.4. The van der Waals surface area contributed by atoms with Crippen molar-refractivity contribution < 1.29 is 4.79 Å². The SMILES string of the molecule is C=NC[C@H]1C[C@@H]1C(=O)Nc1cc2cc(-c3cccc(N)c3C)nc(N)c2cn1. The number of pyridine rings is 2. The second-order valence-electron chi connectivity index (χ2n) is 7.20. The van der Waals surface area contributed by atoms with Gasteiger partial charge in [0, 0.05) is 35.3 Å². The Morgan fingerprint density at radius 1 is 1.36 bits per heavy atom. The highest BCUT2D eigenvalue weighted by atomic mass is 16.2. The zero-order valence-corrected chi connectivity index (χ0v) is 15.6. The molecule has 1 amide bonds. The number of aromatic nitrogens is 2. The van der Waals surface area contributed by atoms with Crippen LogP contribution in [0.25, 0.3) is 22.0 Å². The van der Waals surface area contributed by atoms with E-state index in [2.05, 4.69) is 27.0 Å². The summed E-state index contributed by atoms with van der Waals surface area (Å²) in [5.74, 6) is 1.12. The van der Waals surface area contributed by atoms with E-state index in [1.54, 1.807) is 6.20 Å². The van der Waals surface area contributed by atoms with Crippen LogP contribution in [0.1, 0.15) is 12.0 Å². The molecule has 3 aromatic rings. The number of nitrogens with two attached hydrogens (primary N) is 2. The number of hydrogen-bond donors (Lipinski definition) is 3. The number of nitrogen functional groups attached to an aromatic ring is 2. The van der Waals surface area contributed by atoms with Crippen molar-refractivity contribution in [1.82, 2.24) is 9.97 Å². The molecule has 2 heterocycles. The van der Waals surface area contributed by atoms with Crippen LogP contribution in [-0.4, -0.2) is 29.1 Å². The number of nitrogens with one attached hydrogen (secondary N) is 1. The summed E-state index contributed by atoms with van der Waals surface area (Å²) < 4.78 is 0. The van der Waals surface area contributed by atoms with E-state index in [0.29, 0.717) is 23.9 Å². The molecule has 4 rings (SSSR count). The lowest BCUT2D eigenvalue weighted by molar-refractivity contribution is -0.117. The Morgan fingerprint density at radius 3 is 2.96 bits per heavy atom. The monoisotopic (exact) mass is 374 g/mol. The van der Waals surface area contributed by atoms with Crippen molar-refractivity contribution in [2.24, 2.45) is 16.8 Å². The second kappa shape index (κ2) is 6.92. The van der Waals surface area contributed by atoms with Crippen molar-refractivity contribution in [1.29, 1.82) is 0 Å². The molecule has 0 bridgehead atoms. The van der Waals surface area contributed by atoms with E-state index in [4.69, 9.17) is 11.5 Å². The zero-order chi connectivity index (χ0) is 19.8. The largest absolute Gasteiger partial charge is 0.398 e. The summed E-state index contributed by atoms with van der Waals surface area (Å²) in [7, 11) is 0. The third-order valence-corrected chi connectivity index (χ3v) is 5.27. The van der Waals surface area contributed by atoms with Crippen LogP contribution in [0, 0.1) is 18.8 Å². The molecule has 0 saturated heterocycles. The van der Waals surface area contributed by atoms with Crippen molar-refractivity contribution in [2.75, 3.05) is 23.3 Å². The second-order valence-corrected chi connectivity index (χ2v) is 7.20. The third kappa shape index (κ3) is 3.26. The number of carbonyl (C=O) groups is 1. The summed E-state index contributed by atoms with van der Waals surface area (Å²) >= 11 is 0. The van der Waals surface area contributed by atoms with Crippen LogP contribution < -0.4 is 16.8 Å². The molecule has 7 nitrogen and oxygen atoms in total. The molecular formula is C21H22N6O. The van der Waals surface area contributed by atoms with Gasteiger partial charge in [-0.2, -0.15) is 0 Å². The fourth-order valence-corrected chi connectivity index (χ4v) is 3.47. The standard InChI is InChI=1S/C21H22N6O/c1-11-14(4-3-5-17(11)22)18-7-12-8-19(25-10-16(12)20(23)26-18)27-21(28)15-6-13(15)9-24-2/h3-5,7-8,10,13,15H,2,6,9,22H2,1H3,(H2,23,26)(H,25,27,28)/t13-,15+/m1/s1. The van der Waals surface area contributed by atoms with Gasteiger partial charge in [0.05, 0.1) is 5.69 Å². The number of anilines is 3. The van der Waals surface area contributed by atoms with E-state index in [9.17, 15) is 4.79 Å². The smallest absolute Gasteiger partial charge is 0.228 e. The first-order chi connectivity index (χ1) is 13.5. The Bertz CT molecular complexity index is 1090. The summed E-state index contributed by atoms with van der Waals surface area (Å²) in [5.41, 5.74) is 15.5. The van der Waals surface area contributed by atoms with E-state index < -0.39 is 0 Å². The molecule has 0 radical (unpaired) electrons. The van der Waals surface area contributed by atoms with E-state index in [1.165, 1.54) is 0 Å². The number of rotatable bonds is 5. The minimum atomic E-state index is -0.0329. The van der Waals surface area contributed by atoms with E-state index in [0.717, 1.165) is 34.0 Å². The van der Waals surface area contributed by atoms with Crippen LogP contribution >= 0.6 is 0 Å². The van der Waals surface area contributed by atoms with E-state index in [-0.39, 0.29) is 17.7 Å². The first kappa shape index (κ1) is 17.9. The van der Waals surface area contributed by atoms with E-state index >= 15 is 0 Å². The highest BCUT2D eigenvalue weighted by Gasteiger charge is 2.42. The Balaban J connectivity index is 1.66. The maximum Gasteiger partial charge on any atom is 0.228 e. The molecule has 7 heteroatoms. The van der Waals surface area contributed by atoms with Gasteiger partial charge in [-0.3, -0.25) is 4.79 Å². The van der Waals surface area contributed by atoms with Gasteiger partial charge in [0.15, 0.2) is 0 Å². The van der Waals surface area contributed by atoms with Crippen LogP contribution in [0.2, 0.25) is 0 Å².